The van der Waals surface area contributed by atoms with Crippen molar-refractivity contribution in [3.63, 3.8) is 0 Å². The lowest BCUT2D eigenvalue weighted by atomic mass is 9.91. The highest BCUT2D eigenvalue weighted by Crippen LogP contribution is 2.35. The van der Waals surface area contributed by atoms with Gasteiger partial charge < -0.3 is 10.2 Å². The molecule has 0 radical (unpaired) electrons. The monoisotopic (exact) mass is 295 g/mol. The number of nitrogens with one attached hydrogen (secondary N) is 1. The van der Waals surface area contributed by atoms with E-state index in [1.165, 1.54) is 48.1 Å². The maximum Gasteiger partial charge on any atom is 0.185 e. The van der Waals surface area contributed by atoms with Gasteiger partial charge in [-0.15, -0.1) is 11.3 Å². The third kappa shape index (κ3) is 3.73. The number of rotatable bonds is 5. The molecule has 0 bridgehead atoms. The second-order valence-corrected chi connectivity index (χ2v) is 7.96. The summed E-state index contributed by atoms with van der Waals surface area (Å²) in [6, 6.07) is 0.570. The summed E-state index contributed by atoms with van der Waals surface area (Å²) in [7, 11) is 0. The van der Waals surface area contributed by atoms with Gasteiger partial charge in [0, 0.05) is 36.0 Å². The molecule has 4 heteroatoms. The maximum atomic E-state index is 4.97. The summed E-state index contributed by atoms with van der Waals surface area (Å²) < 4.78 is 0. The molecule has 2 rings (SSSR count). The number of anilines is 1. The third-order valence-electron chi connectivity index (χ3n) is 4.00. The summed E-state index contributed by atoms with van der Waals surface area (Å²) >= 11 is 1.89. The van der Waals surface area contributed by atoms with Crippen LogP contribution in [0.2, 0.25) is 0 Å². The molecule has 1 fully saturated rings. The van der Waals surface area contributed by atoms with Crippen LogP contribution in [-0.4, -0.2) is 24.1 Å². The van der Waals surface area contributed by atoms with Gasteiger partial charge in [-0.25, -0.2) is 4.98 Å². The Morgan fingerprint density at radius 3 is 2.50 bits per heavy atom. The predicted molar refractivity (Wildman–Crippen MR) is 88.9 cm³/mol. The molecule has 1 N–H and O–H groups in total. The van der Waals surface area contributed by atoms with Gasteiger partial charge in [0.05, 0.1) is 5.69 Å². The van der Waals surface area contributed by atoms with Crippen molar-refractivity contribution in [3.8, 4) is 0 Å². The first-order valence-electron chi connectivity index (χ1n) is 7.90. The van der Waals surface area contributed by atoms with Gasteiger partial charge in [-0.05, 0) is 26.2 Å². The number of aromatic nitrogens is 1. The molecule has 114 valence electrons. The second-order valence-electron chi connectivity index (χ2n) is 6.90. The summed E-state index contributed by atoms with van der Waals surface area (Å²) in [5.74, 6) is 0. The van der Waals surface area contributed by atoms with Gasteiger partial charge in [0.1, 0.15) is 0 Å². The van der Waals surface area contributed by atoms with Gasteiger partial charge in [-0.3, -0.25) is 0 Å². The summed E-state index contributed by atoms with van der Waals surface area (Å²) in [5.41, 5.74) is 1.40. The first-order chi connectivity index (χ1) is 9.41. The number of hydrogen-bond acceptors (Lipinski definition) is 4. The van der Waals surface area contributed by atoms with E-state index in [1.807, 2.05) is 11.3 Å². The standard InChI is InChI=1S/C16H29N3S/c1-6-12(2)17-11-13-14(16(3,4)5)18-15(20-13)19-9-7-8-10-19/h12,17H,6-11H2,1-5H3. The molecule has 1 aliphatic heterocycles. The van der Waals surface area contributed by atoms with E-state index in [0.717, 1.165) is 6.54 Å². The lowest BCUT2D eigenvalue weighted by Crippen LogP contribution is -2.25. The van der Waals surface area contributed by atoms with E-state index in [0.29, 0.717) is 6.04 Å². The molecule has 2 heterocycles. The molecule has 0 aromatic carbocycles. The van der Waals surface area contributed by atoms with Gasteiger partial charge in [0.2, 0.25) is 0 Å². The van der Waals surface area contributed by atoms with Crippen LogP contribution in [0.3, 0.4) is 0 Å². The van der Waals surface area contributed by atoms with Crippen molar-refractivity contribution >= 4 is 16.5 Å². The molecule has 0 spiro atoms. The van der Waals surface area contributed by atoms with Crippen molar-refractivity contribution in [2.45, 2.75) is 71.9 Å². The molecule has 1 unspecified atom stereocenters. The highest BCUT2D eigenvalue weighted by Gasteiger charge is 2.26. The number of nitrogens with zero attached hydrogens (tertiary/aromatic N) is 2. The zero-order valence-electron chi connectivity index (χ0n) is 13.6. The van der Waals surface area contributed by atoms with Crippen molar-refractivity contribution < 1.29 is 0 Å². The lowest BCUT2D eigenvalue weighted by molar-refractivity contribution is 0.520. The smallest absolute Gasteiger partial charge is 0.185 e. The van der Waals surface area contributed by atoms with Gasteiger partial charge in [0.25, 0.3) is 0 Å². The quantitative estimate of drug-likeness (QED) is 0.892. The van der Waals surface area contributed by atoms with Crippen LogP contribution in [0, 0.1) is 0 Å². The van der Waals surface area contributed by atoms with E-state index in [1.54, 1.807) is 0 Å². The van der Waals surface area contributed by atoms with Gasteiger partial charge in [-0.2, -0.15) is 0 Å². The lowest BCUT2D eigenvalue weighted by Gasteiger charge is -2.19. The van der Waals surface area contributed by atoms with Crippen molar-refractivity contribution in [1.29, 1.82) is 0 Å². The molecule has 0 saturated carbocycles. The Balaban J connectivity index is 2.18. The average molecular weight is 295 g/mol. The van der Waals surface area contributed by atoms with Crippen LogP contribution < -0.4 is 10.2 Å². The van der Waals surface area contributed by atoms with E-state index in [4.69, 9.17) is 4.98 Å². The Hall–Kier alpha value is -0.610. The molecular weight excluding hydrogens is 266 g/mol. The zero-order valence-corrected chi connectivity index (χ0v) is 14.4. The molecule has 1 atom stereocenters. The molecule has 0 aliphatic carbocycles. The average Bonchev–Trinajstić information content (AvgIpc) is 3.03. The van der Waals surface area contributed by atoms with E-state index in [-0.39, 0.29) is 5.41 Å². The summed E-state index contributed by atoms with van der Waals surface area (Å²) in [6.45, 7) is 14.6. The Kier molecular flexibility index (Phi) is 5.08. The first-order valence-corrected chi connectivity index (χ1v) is 8.72. The van der Waals surface area contributed by atoms with Crippen LogP contribution >= 0.6 is 11.3 Å². The zero-order chi connectivity index (χ0) is 14.8. The summed E-state index contributed by atoms with van der Waals surface area (Å²) in [6.07, 6.45) is 3.79. The fourth-order valence-electron chi connectivity index (χ4n) is 2.50. The third-order valence-corrected chi connectivity index (χ3v) is 5.11. The van der Waals surface area contributed by atoms with Crippen molar-refractivity contribution in [2.75, 3.05) is 18.0 Å². The number of hydrogen-bond donors (Lipinski definition) is 1. The SMILES string of the molecule is CCC(C)NCc1sc(N2CCCC2)nc1C(C)(C)C. The van der Waals surface area contributed by atoms with Gasteiger partial charge >= 0.3 is 0 Å². The van der Waals surface area contributed by atoms with E-state index >= 15 is 0 Å². The molecular formula is C16H29N3S. The summed E-state index contributed by atoms with van der Waals surface area (Å²) in [5, 5.41) is 4.85. The van der Waals surface area contributed by atoms with Gasteiger partial charge in [-0.1, -0.05) is 27.7 Å². The Morgan fingerprint density at radius 2 is 1.95 bits per heavy atom. The van der Waals surface area contributed by atoms with Crippen molar-refractivity contribution in [1.82, 2.24) is 10.3 Å². The fraction of sp³-hybridized carbons (Fsp3) is 0.812. The largest absolute Gasteiger partial charge is 0.348 e. The predicted octanol–water partition coefficient (Wildman–Crippen LogP) is 3.93. The van der Waals surface area contributed by atoms with Crippen molar-refractivity contribution in [2.24, 2.45) is 0 Å². The minimum atomic E-state index is 0.126. The summed E-state index contributed by atoms with van der Waals surface area (Å²) in [4.78, 5) is 8.84. The van der Waals surface area contributed by atoms with Gasteiger partial charge in [0.15, 0.2) is 5.13 Å². The van der Waals surface area contributed by atoms with Crippen LogP contribution in [0.15, 0.2) is 0 Å². The molecule has 3 nitrogen and oxygen atoms in total. The first kappa shape index (κ1) is 15.8. The number of thiazole rings is 1. The molecule has 1 aromatic heterocycles. The van der Waals surface area contributed by atoms with Crippen molar-refractivity contribution in [3.05, 3.63) is 10.6 Å². The Bertz CT molecular complexity index is 427. The molecule has 20 heavy (non-hydrogen) atoms. The van der Waals surface area contributed by atoms with Crippen LogP contribution in [0.1, 0.15) is 64.5 Å². The second kappa shape index (κ2) is 6.44. The Morgan fingerprint density at radius 1 is 1.30 bits per heavy atom. The highest BCUT2D eigenvalue weighted by molar-refractivity contribution is 7.15. The Labute approximate surface area is 127 Å². The van der Waals surface area contributed by atoms with E-state index in [2.05, 4.69) is 44.8 Å². The topological polar surface area (TPSA) is 28.2 Å². The van der Waals surface area contributed by atoms with Crippen LogP contribution in [0.5, 0.6) is 0 Å². The molecule has 1 saturated heterocycles. The normalized spacial score (nSPS) is 17.8. The van der Waals surface area contributed by atoms with E-state index in [9.17, 15) is 0 Å². The molecule has 1 aromatic rings. The fourth-order valence-corrected chi connectivity index (χ4v) is 3.77. The minimum absolute atomic E-state index is 0.126. The van der Waals surface area contributed by atoms with Crippen LogP contribution in [-0.2, 0) is 12.0 Å². The maximum absolute atomic E-state index is 4.97. The molecule has 1 aliphatic rings. The highest BCUT2D eigenvalue weighted by atomic mass is 32.1. The van der Waals surface area contributed by atoms with E-state index < -0.39 is 0 Å². The molecule has 0 amide bonds. The minimum Gasteiger partial charge on any atom is -0.348 e. The van der Waals surface area contributed by atoms with Crippen LogP contribution in [0.25, 0.3) is 0 Å². The van der Waals surface area contributed by atoms with Crippen LogP contribution in [0.4, 0.5) is 5.13 Å².